The van der Waals surface area contributed by atoms with Crippen LogP contribution in [0.15, 0.2) is 200 Å². The van der Waals surface area contributed by atoms with Crippen molar-refractivity contribution in [3.8, 4) is 22.3 Å². The molecule has 57 heavy (non-hydrogen) atoms. The molecule has 0 amide bonds. The summed E-state index contributed by atoms with van der Waals surface area (Å²) in [5.41, 5.74) is 12.9. The zero-order chi connectivity index (χ0) is 37.7. The van der Waals surface area contributed by atoms with E-state index in [-0.39, 0.29) is 6.04 Å². The van der Waals surface area contributed by atoms with Gasteiger partial charge in [0, 0.05) is 11.4 Å². The second kappa shape index (κ2) is 14.0. The number of fused-ring (bicyclic) bond motifs is 4. The molecular weight excluding hydrogens is 687 g/mol. The quantitative estimate of drug-likeness (QED) is 0.165. The van der Waals surface area contributed by atoms with Crippen LogP contribution in [0.5, 0.6) is 0 Å². The van der Waals surface area contributed by atoms with Crippen LogP contribution in [0.2, 0.25) is 0 Å². The molecule has 1 aliphatic heterocycles. The lowest BCUT2D eigenvalue weighted by atomic mass is 9.83. The normalized spacial score (nSPS) is 15.2. The second-order valence-electron chi connectivity index (χ2n) is 15.4. The minimum atomic E-state index is 0.224. The van der Waals surface area contributed by atoms with Crippen LogP contribution < -0.4 is 15.3 Å². The summed E-state index contributed by atoms with van der Waals surface area (Å²) in [6, 6.07) is 72.1. The number of benzene rings is 9. The lowest BCUT2D eigenvalue weighted by molar-refractivity contribution is 0.749. The van der Waals surface area contributed by atoms with Crippen LogP contribution in [0.4, 0.5) is 5.69 Å². The van der Waals surface area contributed by atoms with Gasteiger partial charge in [-0.1, -0.05) is 188 Å². The molecule has 0 saturated carbocycles. The Bertz CT molecular complexity index is 3130. The average molecular weight is 728 g/mol. The van der Waals surface area contributed by atoms with Crippen molar-refractivity contribution in [1.82, 2.24) is 0 Å². The molecule has 2 aliphatic rings. The Morgan fingerprint density at radius 2 is 1.05 bits per heavy atom. The maximum atomic E-state index is 2.55. The smallest absolute Gasteiger partial charge is 0.0626 e. The van der Waals surface area contributed by atoms with E-state index in [0.717, 1.165) is 19.3 Å². The number of anilines is 1. The molecular formula is C56H41N. The van der Waals surface area contributed by atoms with Gasteiger partial charge in [0.05, 0.1) is 6.04 Å². The fourth-order valence-electron chi connectivity index (χ4n) is 9.71. The van der Waals surface area contributed by atoms with Crippen LogP contribution in [0.1, 0.15) is 42.0 Å². The maximum Gasteiger partial charge on any atom is 0.0626 e. The fourth-order valence-corrected chi connectivity index (χ4v) is 9.71. The Morgan fingerprint density at radius 1 is 0.456 bits per heavy atom. The molecule has 1 heterocycles. The van der Waals surface area contributed by atoms with Crippen molar-refractivity contribution in [2.24, 2.45) is 0 Å². The third-order valence-corrected chi connectivity index (χ3v) is 12.3. The average Bonchev–Trinajstić information content (AvgIpc) is 3.74. The SMILES string of the molecule is C1=C(c2ccccc2)N(c2ccc(-c3c4c(cc5cccc(-c6cccc7ccccc67)c35)=C(c3cccc5ccccc35)CCC=4)cc2)C(c2ccccc2)C1. The largest absolute Gasteiger partial charge is 0.333 e. The molecule has 0 aromatic heterocycles. The zero-order valence-electron chi connectivity index (χ0n) is 31.8. The van der Waals surface area contributed by atoms with Crippen molar-refractivity contribution in [3.63, 3.8) is 0 Å². The Balaban J connectivity index is 1.17. The lowest BCUT2D eigenvalue weighted by Gasteiger charge is -2.31. The number of nitrogens with zero attached hydrogens (tertiary/aromatic N) is 1. The van der Waals surface area contributed by atoms with Gasteiger partial charge in [-0.25, -0.2) is 0 Å². The van der Waals surface area contributed by atoms with Crippen LogP contribution in [0.3, 0.4) is 0 Å². The van der Waals surface area contributed by atoms with E-state index in [1.54, 1.807) is 0 Å². The molecule has 0 spiro atoms. The van der Waals surface area contributed by atoms with Gasteiger partial charge in [-0.3, -0.25) is 0 Å². The van der Waals surface area contributed by atoms with Gasteiger partial charge in [0.15, 0.2) is 0 Å². The van der Waals surface area contributed by atoms with Crippen LogP contribution >= 0.6 is 0 Å². The topological polar surface area (TPSA) is 3.24 Å². The zero-order valence-corrected chi connectivity index (χ0v) is 31.8. The van der Waals surface area contributed by atoms with Crippen molar-refractivity contribution in [2.75, 3.05) is 4.90 Å². The van der Waals surface area contributed by atoms with Crippen molar-refractivity contribution in [1.29, 1.82) is 0 Å². The van der Waals surface area contributed by atoms with E-state index in [4.69, 9.17) is 0 Å². The Kier molecular flexibility index (Phi) is 8.18. The Morgan fingerprint density at radius 3 is 1.79 bits per heavy atom. The Hall–Kier alpha value is -6.96. The molecule has 11 rings (SSSR count). The predicted octanol–water partition coefficient (Wildman–Crippen LogP) is 13.2. The highest BCUT2D eigenvalue weighted by molar-refractivity contribution is 6.11. The van der Waals surface area contributed by atoms with Crippen LogP contribution in [0, 0.1) is 0 Å². The first-order valence-electron chi connectivity index (χ1n) is 20.3. The highest BCUT2D eigenvalue weighted by Gasteiger charge is 2.30. The first-order chi connectivity index (χ1) is 28.3. The summed E-state index contributed by atoms with van der Waals surface area (Å²) >= 11 is 0. The van der Waals surface area contributed by atoms with E-state index in [0.29, 0.717) is 0 Å². The minimum absolute atomic E-state index is 0.224. The standard InChI is InChI=1S/C56H41N/c1-3-17-40(18-4-1)53-35-36-54(41-19-5-2-6-20-41)57(53)44-33-31-42(32-34-44)55-51-30-14-28-49(47-26-11-21-38-15-7-9-24-45(38)47)52(51)37-43-23-13-29-50(56(43)55)48-27-12-22-39-16-8-10-25-46(39)48/h1-13,15-27,29-35,37,54H,14,28,36H2. The first kappa shape index (κ1) is 33.4. The van der Waals surface area contributed by atoms with E-state index in [1.165, 1.54) is 98.7 Å². The van der Waals surface area contributed by atoms with Gasteiger partial charge in [-0.2, -0.15) is 0 Å². The molecule has 1 atom stereocenters. The van der Waals surface area contributed by atoms with Crippen LogP contribution in [-0.2, 0) is 0 Å². The van der Waals surface area contributed by atoms with E-state index < -0.39 is 0 Å². The highest BCUT2D eigenvalue weighted by atomic mass is 15.2. The first-order valence-corrected chi connectivity index (χ1v) is 20.3. The number of hydrogen-bond acceptors (Lipinski definition) is 1. The Labute approximate surface area is 333 Å². The number of rotatable bonds is 6. The lowest BCUT2D eigenvalue weighted by Crippen LogP contribution is -2.32. The molecule has 0 fully saturated rings. The summed E-state index contributed by atoms with van der Waals surface area (Å²) in [5.74, 6) is 0. The van der Waals surface area contributed by atoms with Crippen molar-refractivity contribution >= 4 is 55.4 Å². The van der Waals surface area contributed by atoms with Crippen LogP contribution in [0.25, 0.3) is 71.9 Å². The summed E-state index contributed by atoms with van der Waals surface area (Å²) < 4.78 is 0. The van der Waals surface area contributed by atoms with Crippen molar-refractivity contribution < 1.29 is 0 Å². The molecule has 1 heteroatoms. The molecule has 1 aliphatic carbocycles. The molecule has 0 saturated heterocycles. The molecule has 1 nitrogen and oxygen atoms in total. The van der Waals surface area contributed by atoms with Gasteiger partial charge < -0.3 is 4.90 Å². The molecule has 0 radical (unpaired) electrons. The second-order valence-corrected chi connectivity index (χ2v) is 15.4. The van der Waals surface area contributed by atoms with Gasteiger partial charge >= 0.3 is 0 Å². The van der Waals surface area contributed by atoms with E-state index in [1.807, 2.05) is 0 Å². The molecule has 9 aromatic carbocycles. The van der Waals surface area contributed by atoms with Gasteiger partial charge in [-0.05, 0) is 125 Å². The van der Waals surface area contributed by atoms with E-state index in [9.17, 15) is 0 Å². The molecule has 9 aromatic rings. The van der Waals surface area contributed by atoms with Gasteiger partial charge in [0.2, 0.25) is 0 Å². The third-order valence-electron chi connectivity index (χ3n) is 12.3. The predicted molar refractivity (Wildman–Crippen MR) is 242 cm³/mol. The summed E-state index contributed by atoms with van der Waals surface area (Å²) in [6.45, 7) is 0. The van der Waals surface area contributed by atoms with Gasteiger partial charge in [0.1, 0.15) is 0 Å². The van der Waals surface area contributed by atoms with Crippen LogP contribution in [-0.4, -0.2) is 0 Å². The fraction of sp³-hybridized carbons (Fsp3) is 0.0714. The van der Waals surface area contributed by atoms with E-state index >= 15 is 0 Å². The van der Waals surface area contributed by atoms with Gasteiger partial charge in [0.25, 0.3) is 0 Å². The van der Waals surface area contributed by atoms with Crippen molar-refractivity contribution in [2.45, 2.75) is 25.3 Å². The number of hydrogen-bond donors (Lipinski definition) is 0. The van der Waals surface area contributed by atoms with Gasteiger partial charge in [-0.15, -0.1) is 0 Å². The monoisotopic (exact) mass is 727 g/mol. The van der Waals surface area contributed by atoms with Crippen molar-refractivity contribution in [3.05, 3.63) is 227 Å². The summed E-state index contributed by atoms with van der Waals surface area (Å²) in [6.07, 6.45) is 7.89. The highest BCUT2D eigenvalue weighted by Crippen LogP contribution is 2.44. The molecule has 0 N–H and O–H groups in total. The minimum Gasteiger partial charge on any atom is -0.333 e. The van der Waals surface area contributed by atoms with E-state index in [2.05, 4.69) is 211 Å². The maximum absolute atomic E-state index is 2.55. The molecule has 0 bridgehead atoms. The molecule has 270 valence electrons. The third kappa shape index (κ3) is 5.69. The summed E-state index contributed by atoms with van der Waals surface area (Å²) in [7, 11) is 0. The molecule has 1 unspecified atom stereocenters. The summed E-state index contributed by atoms with van der Waals surface area (Å²) in [5, 5.41) is 10.4. The summed E-state index contributed by atoms with van der Waals surface area (Å²) in [4.78, 5) is 2.55.